The fraction of sp³-hybridized carbons (Fsp3) is 0.500. The highest BCUT2D eigenvalue weighted by atomic mass is 16.5. The second-order valence-corrected chi connectivity index (χ2v) is 4.12. The molecule has 0 saturated heterocycles. The molecule has 94 valence electrons. The van der Waals surface area contributed by atoms with Crippen LogP contribution in [0, 0.1) is 5.92 Å². The number of hydrogen-bond acceptors (Lipinski definition) is 3. The fourth-order valence-electron chi connectivity index (χ4n) is 1.16. The molecule has 1 unspecified atom stereocenters. The van der Waals surface area contributed by atoms with Crippen LogP contribution in [0.2, 0.25) is 0 Å². The number of rotatable bonds is 6. The van der Waals surface area contributed by atoms with Crippen LogP contribution in [0.5, 0.6) is 11.5 Å². The molecule has 1 rings (SSSR count). The zero-order valence-corrected chi connectivity index (χ0v) is 10.7. The summed E-state index contributed by atoms with van der Waals surface area (Å²) in [6.45, 7) is 6.77. The first kappa shape index (κ1) is 13.6. The Morgan fingerprint density at radius 3 is 2.29 bits per heavy atom. The van der Waals surface area contributed by atoms with E-state index in [2.05, 4.69) is 13.8 Å². The van der Waals surface area contributed by atoms with E-state index in [4.69, 9.17) is 9.47 Å². The van der Waals surface area contributed by atoms with Crippen molar-refractivity contribution in [3.63, 3.8) is 0 Å². The van der Waals surface area contributed by atoms with Gasteiger partial charge in [0.25, 0.3) is 0 Å². The smallest absolute Gasteiger partial charge is 0.310 e. The van der Waals surface area contributed by atoms with Crippen molar-refractivity contribution in [2.24, 2.45) is 5.92 Å². The van der Waals surface area contributed by atoms with Gasteiger partial charge in [0.2, 0.25) is 0 Å². The molecule has 0 amide bonds. The maximum Gasteiger partial charge on any atom is 0.310 e. The molecule has 1 atom stereocenters. The Kier molecular flexibility index (Phi) is 5.53. The monoisotopic (exact) mass is 236 g/mol. The topological polar surface area (TPSA) is 35.5 Å². The molecule has 0 heterocycles. The molecule has 1 aromatic rings. The summed E-state index contributed by atoms with van der Waals surface area (Å²) >= 11 is 0. The number of benzene rings is 1. The molecule has 3 nitrogen and oxygen atoms in total. The van der Waals surface area contributed by atoms with Gasteiger partial charge in [-0.05, 0) is 30.2 Å². The zero-order valence-electron chi connectivity index (χ0n) is 10.7. The predicted octanol–water partition coefficient (Wildman–Crippen LogP) is 3.43. The summed E-state index contributed by atoms with van der Waals surface area (Å²) in [5, 5.41) is 0. The van der Waals surface area contributed by atoms with E-state index in [9.17, 15) is 4.79 Å². The Morgan fingerprint density at radius 2 is 1.76 bits per heavy atom. The summed E-state index contributed by atoms with van der Waals surface area (Å²) in [6, 6.07) is 7.14. The lowest BCUT2D eigenvalue weighted by atomic mass is 10.1. The van der Waals surface area contributed by atoms with Crippen LogP contribution in [0.4, 0.5) is 0 Å². The van der Waals surface area contributed by atoms with Crippen molar-refractivity contribution in [2.75, 3.05) is 6.61 Å². The first-order valence-corrected chi connectivity index (χ1v) is 6.09. The van der Waals surface area contributed by atoms with E-state index in [0.29, 0.717) is 24.7 Å². The van der Waals surface area contributed by atoms with Crippen LogP contribution < -0.4 is 9.47 Å². The van der Waals surface area contributed by atoms with E-state index in [0.717, 1.165) is 12.2 Å². The molecule has 0 aliphatic rings. The predicted molar refractivity (Wildman–Crippen MR) is 67.3 cm³/mol. The van der Waals surface area contributed by atoms with Crippen LogP contribution in [0.3, 0.4) is 0 Å². The fourth-order valence-corrected chi connectivity index (χ4v) is 1.16. The molecular formula is C14H20O3. The maximum atomic E-state index is 11.1. The Labute approximate surface area is 103 Å². The number of carbonyl (C=O) groups is 1. The maximum absolute atomic E-state index is 11.1. The number of carbonyl (C=O) groups excluding carboxylic acids is 1. The van der Waals surface area contributed by atoms with Crippen molar-refractivity contribution >= 4 is 5.97 Å². The van der Waals surface area contributed by atoms with Crippen LogP contribution in [0.25, 0.3) is 0 Å². The highest BCUT2D eigenvalue weighted by Crippen LogP contribution is 2.18. The van der Waals surface area contributed by atoms with Gasteiger partial charge in [-0.25, -0.2) is 0 Å². The second kappa shape index (κ2) is 6.94. The molecule has 0 aromatic heterocycles. The van der Waals surface area contributed by atoms with Gasteiger partial charge in [0.15, 0.2) is 0 Å². The molecule has 0 spiro atoms. The highest BCUT2D eigenvalue weighted by molar-refractivity contribution is 5.71. The van der Waals surface area contributed by atoms with Gasteiger partial charge in [-0.2, -0.15) is 0 Å². The average Bonchev–Trinajstić information content (AvgIpc) is 2.37. The zero-order chi connectivity index (χ0) is 12.7. The minimum absolute atomic E-state index is 0.224. The van der Waals surface area contributed by atoms with Gasteiger partial charge in [-0.3, -0.25) is 4.79 Å². The van der Waals surface area contributed by atoms with Crippen LogP contribution in [0.15, 0.2) is 24.3 Å². The lowest BCUT2D eigenvalue weighted by molar-refractivity contribution is -0.134. The van der Waals surface area contributed by atoms with Crippen LogP contribution >= 0.6 is 0 Å². The molecule has 0 saturated carbocycles. The standard InChI is InChI=1S/C14H20O3/c1-4-11(3)10-16-12-6-8-13(9-7-12)17-14(15)5-2/h6-9,11H,4-5,10H2,1-3H3. The minimum atomic E-state index is -0.224. The molecule has 0 N–H and O–H groups in total. The molecule has 3 heteroatoms. The van der Waals surface area contributed by atoms with Crippen molar-refractivity contribution in [1.82, 2.24) is 0 Å². The SMILES string of the molecule is CCC(=O)Oc1ccc(OCC(C)CC)cc1. The van der Waals surface area contributed by atoms with E-state index in [1.54, 1.807) is 19.1 Å². The third kappa shape index (κ3) is 4.89. The molecule has 0 radical (unpaired) electrons. The van der Waals surface area contributed by atoms with Crippen molar-refractivity contribution < 1.29 is 14.3 Å². The van der Waals surface area contributed by atoms with E-state index >= 15 is 0 Å². The lowest BCUT2D eigenvalue weighted by Gasteiger charge is -2.11. The summed E-state index contributed by atoms with van der Waals surface area (Å²) in [6.07, 6.45) is 1.48. The first-order valence-electron chi connectivity index (χ1n) is 6.09. The third-order valence-corrected chi connectivity index (χ3v) is 2.58. The second-order valence-electron chi connectivity index (χ2n) is 4.12. The largest absolute Gasteiger partial charge is 0.493 e. The van der Waals surface area contributed by atoms with Gasteiger partial charge < -0.3 is 9.47 Å². The normalized spacial score (nSPS) is 11.9. The Morgan fingerprint density at radius 1 is 1.18 bits per heavy atom. The molecular weight excluding hydrogens is 216 g/mol. The number of hydrogen-bond donors (Lipinski definition) is 0. The van der Waals surface area contributed by atoms with Crippen molar-refractivity contribution in [3.8, 4) is 11.5 Å². The highest BCUT2D eigenvalue weighted by Gasteiger charge is 2.03. The van der Waals surface area contributed by atoms with Crippen molar-refractivity contribution in [2.45, 2.75) is 33.6 Å². The summed E-state index contributed by atoms with van der Waals surface area (Å²) in [4.78, 5) is 11.1. The van der Waals surface area contributed by atoms with Gasteiger partial charge in [0, 0.05) is 6.42 Å². The van der Waals surface area contributed by atoms with E-state index in [1.807, 2.05) is 12.1 Å². The van der Waals surface area contributed by atoms with Crippen LogP contribution in [-0.4, -0.2) is 12.6 Å². The molecule has 0 fully saturated rings. The first-order chi connectivity index (χ1) is 8.15. The summed E-state index contributed by atoms with van der Waals surface area (Å²) in [7, 11) is 0. The third-order valence-electron chi connectivity index (χ3n) is 2.58. The van der Waals surface area contributed by atoms with E-state index in [1.165, 1.54) is 0 Å². The van der Waals surface area contributed by atoms with Gasteiger partial charge in [0.05, 0.1) is 6.61 Å². The van der Waals surface area contributed by atoms with Gasteiger partial charge in [0.1, 0.15) is 11.5 Å². The number of ether oxygens (including phenoxy) is 2. The summed E-state index contributed by atoms with van der Waals surface area (Å²) in [5.41, 5.74) is 0. The van der Waals surface area contributed by atoms with Gasteiger partial charge in [-0.15, -0.1) is 0 Å². The molecule has 1 aromatic carbocycles. The Bertz CT molecular complexity index is 343. The van der Waals surface area contributed by atoms with Crippen molar-refractivity contribution in [1.29, 1.82) is 0 Å². The van der Waals surface area contributed by atoms with Crippen LogP contribution in [0.1, 0.15) is 33.6 Å². The lowest BCUT2D eigenvalue weighted by Crippen LogP contribution is -2.07. The Balaban J connectivity index is 2.47. The molecule has 0 aliphatic carbocycles. The molecule has 0 aliphatic heterocycles. The van der Waals surface area contributed by atoms with Gasteiger partial charge >= 0.3 is 5.97 Å². The minimum Gasteiger partial charge on any atom is -0.493 e. The molecule has 17 heavy (non-hydrogen) atoms. The number of esters is 1. The van der Waals surface area contributed by atoms with Crippen LogP contribution in [-0.2, 0) is 4.79 Å². The summed E-state index contributed by atoms with van der Waals surface area (Å²) in [5.74, 6) is 1.69. The Hall–Kier alpha value is -1.51. The van der Waals surface area contributed by atoms with Crippen molar-refractivity contribution in [3.05, 3.63) is 24.3 Å². The average molecular weight is 236 g/mol. The summed E-state index contributed by atoms with van der Waals surface area (Å²) < 4.78 is 10.7. The van der Waals surface area contributed by atoms with Gasteiger partial charge in [-0.1, -0.05) is 27.2 Å². The quantitative estimate of drug-likeness (QED) is 0.560. The van der Waals surface area contributed by atoms with E-state index in [-0.39, 0.29) is 5.97 Å². The van der Waals surface area contributed by atoms with E-state index < -0.39 is 0 Å². The molecule has 0 bridgehead atoms.